The number of hydrogen-bond acceptors (Lipinski definition) is 2. The first kappa shape index (κ1) is 20.2. The minimum Gasteiger partial charge on any atom is -0.359 e. The molecule has 0 aliphatic carbocycles. The number of halogens is 1. The molecule has 6 heteroatoms. The second-order valence-corrected chi connectivity index (χ2v) is 9.09. The molecule has 0 atom stereocenters. The zero-order valence-corrected chi connectivity index (χ0v) is 18.6. The van der Waals surface area contributed by atoms with Gasteiger partial charge >= 0.3 is 0 Å². The van der Waals surface area contributed by atoms with Gasteiger partial charge in [0.15, 0.2) is 0 Å². The van der Waals surface area contributed by atoms with Gasteiger partial charge in [-0.05, 0) is 56.7 Å². The average molecular weight is 464 g/mol. The Balaban J connectivity index is 2.11. The summed E-state index contributed by atoms with van der Waals surface area (Å²) in [4.78, 5) is 30.3. The molecule has 0 fully saturated rings. The Kier molecular flexibility index (Phi) is 5.12. The number of aromatic nitrogens is 2. The predicted octanol–water partition coefficient (Wildman–Crippen LogP) is 5.28. The molecule has 0 spiro atoms. The van der Waals surface area contributed by atoms with Gasteiger partial charge < -0.3 is 10.3 Å². The highest BCUT2D eigenvalue weighted by atomic mass is 79.9. The van der Waals surface area contributed by atoms with Crippen LogP contribution < -0.4 is 10.9 Å². The van der Waals surface area contributed by atoms with Gasteiger partial charge in [0, 0.05) is 27.3 Å². The second kappa shape index (κ2) is 7.61. The van der Waals surface area contributed by atoms with Crippen LogP contribution in [-0.2, 0) is 0 Å². The number of rotatable bonds is 3. The molecule has 0 saturated heterocycles. The lowest BCUT2D eigenvalue weighted by Gasteiger charge is -2.23. The zero-order valence-electron chi connectivity index (χ0n) is 17.0. The van der Waals surface area contributed by atoms with Crippen molar-refractivity contribution in [1.82, 2.24) is 14.9 Å². The van der Waals surface area contributed by atoms with Crippen LogP contribution in [0.5, 0.6) is 0 Å². The van der Waals surface area contributed by atoms with Crippen LogP contribution in [0.4, 0.5) is 0 Å². The molecule has 152 valence electrons. The largest absolute Gasteiger partial charge is 0.359 e. The van der Waals surface area contributed by atoms with Crippen LogP contribution in [0.15, 0.2) is 76.1 Å². The molecule has 0 unspecified atom stereocenters. The van der Waals surface area contributed by atoms with Gasteiger partial charge in [-0.1, -0.05) is 46.3 Å². The van der Waals surface area contributed by atoms with Crippen molar-refractivity contribution in [3.63, 3.8) is 0 Å². The van der Waals surface area contributed by atoms with E-state index < -0.39 is 5.54 Å². The number of carbonyl (C=O) groups excluding carboxylic acids is 1. The fourth-order valence-electron chi connectivity index (χ4n) is 3.55. The highest BCUT2D eigenvalue weighted by molar-refractivity contribution is 9.10. The molecule has 5 nitrogen and oxygen atoms in total. The Labute approximate surface area is 182 Å². The fraction of sp³-hybridized carbons (Fsp3) is 0.167. The van der Waals surface area contributed by atoms with E-state index in [1.54, 1.807) is 6.20 Å². The summed E-state index contributed by atoms with van der Waals surface area (Å²) in [7, 11) is 0. The predicted molar refractivity (Wildman–Crippen MR) is 124 cm³/mol. The molecule has 4 rings (SSSR count). The van der Waals surface area contributed by atoms with Crippen molar-refractivity contribution in [2.24, 2.45) is 0 Å². The first-order chi connectivity index (χ1) is 14.3. The Hall–Kier alpha value is -3.12. The van der Waals surface area contributed by atoms with Crippen LogP contribution in [0.2, 0.25) is 0 Å². The lowest BCUT2D eigenvalue weighted by atomic mass is 10.0. The van der Waals surface area contributed by atoms with Crippen molar-refractivity contribution in [2.75, 3.05) is 0 Å². The molecule has 1 amide bonds. The lowest BCUT2D eigenvalue weighted by Crippen LogP contribution is -2.43. The Morgan fingerprint density at radius 3 is 2.30 bits per heavy atom. The molecule has 0 radical (unpaired) electrons. The van der Waals surface area contributed by atoms with Gasteiger partial charge in [-0.25, -0.2) is 0 Å². The molecule has 2 aromatic carbocycles. The summed E-state index contributed by atoms with van der Waals surface area (Å²) in [5, 5.41) is 3.72. The third kappa shape index (κ3) is 3.71. The maximum absolute atomic E-state index is 13.8. The van der Waals surface area contributed by atoms with E-state index >= 15 is 0 Å². The minimum absolute atomic E-state index is 0.241. The minimum atomic E-state index is -0.450. The fourth-order valence-corrected chi connectivity index (χ4v) is 3.81. The SMILES string of the molecule is CC(C)(C)NC(=O)c1c2[nH]ccc2c(-c2ccccc2)c(=O)n1-c1ccc(Br)cc1. The van der Waals surface area contributed by atoms with Crippen LogP contribution in [-0.4, -0.2) is 21.0 Å². The summed E-state index contributed by atoms with van der Waals surface area (Å²) in [6, 6.07) is 18.7. The highest BCUT2D eigenvalue weighted by Crippen LogP contribution is 2.29. The van der Waals surface area contributed by atoms with Gasteiger partial charge in [-0.2, -0.15) is 0 Å². The average Bonchev–Trinajstić information content (AvgIpc) is 3.16. The summed E-state index contributed by atoms with van der Waals surface area (Å²) in [5.41, 5.74) is 2.21. The van der Waals surface area contributed by atoms with E-state index in [4.69, 9.17) is 0 Å². The van der Waals surface area contributed by atoms with Gasteiger partial charge in [0.05, 0.1) is 11.1 Å². The Bertz CT molecular complexity index is 1280. The number of pyridine rings is 1. The maximum atomic E-state index is 13.8. The normalized spacial score (nSPS) is 11.6. The van der Waals surface area contributed by atoms with E-state index in [1.807, 2.05) is 81.4 Å². The molecule has 2 heterocycles. The third-order valence-electron chi connectivity index (χ3n) is 4.74. The van der Waals surface area contributed by atoms with Gasteiger partial charge in [-0.3, -0.25) is 14.2 Å². The van der Waals surface area contributed by atoms with Crippen molar-refractivity contribution in [3.05, 3.63) is 87.4 Å². The monoisotopic (exact) mass is 463 g/mol. The summed E-state index contributed by atoms with van der Waals surface area (Å²) < 4.78 is 2.39. The number of benzene rings is 2. The zero-order chi connectivity index (χ0) is 21.5. The molecule has 0 aliphatic rings. The van der Waals surface area contributed by atoms with Crippen LogP contribution in [0.1, 0.15) is 31.3 Å². The molecule has 4 aromatic rings. The van der Waals surface area contributed by atoms with Crippen molar-refractivity contribution < 1.29 is 4.79 Å². The van der Waals surface area contributed by atoms with Crippen LogP contribution in [0, 0.1) is 0 Å². The molecular formula is C24H22BrN3O2. The number of amides is 1. The van der Waals surface area contributed by atoms with E-state index in [9.17, 15) is 9.59 Å². The van der Waals surface area contributed by atoms with E-state index in [0.717, 1.165) is 15.4 Å². The number of nitrogens with one attached hydrogen (secondary N) is 2. The number of aromatic amines is 1. The summed E-state index contributed by atoms with van der Waals surface area (Å²) in [6.45, 7) is 5.74. The molecule has 30 heavy (non-hydrogen) atoms. The van der Waals surface area contributed by atoms with Crippen LogP contribution >= 0.6 is 15.9 Å². The molecular weight excluding hydrogens is 442 g/mol. The summed E-state index contributed by atoms with van der Waals surface area (Å²) >= 11 is 3.44. The second-order valence-electron chi connectivity index (χ2n) is 8.18. The first-order valence-electron chi connectivity index (χ1n) is 9.66. The van der Waals surface area contributed by atoms with Crippen molar-refractivity contribution >= 4 is 32.7 Å². The molecule has 0 saturated carbocycles. The molecule has 0 bridgehead atoms. The van der Waals surface area contributed by atoms with Gasteiger partial charge in [0.2, 0.25) is 0 Å². The van der Waals surface area contributed by atoms with Gasteiger partial charge in [-0.15, -0.1) is 0 Å². The van der Waals surface area contributed by atoms with Gasteiger partial charge in [0.1, 0.15) is 5.69 Å². The Morgan fingerprint density at radius 2 is 1.67 bits per heavy atom. The van der Waals surface area contributed by atoms with E-state index in [0.29, 0.717) is 16.8 Å². The number of carbonyl (C=O) groups is 1. The van der Waals surface area contributed by atoms with E-state index in [-0.39, 0.29) is 17.2 Å². The standard InChI is InChI=1S/C24H22BrN3O2/c1-24(2,3)27-22(29)21-20-18(13-14-26-20)19(15-7-5-4-6-8-15)23(30)28(21)17-11-9-16(25)10-12-17/h4-14,26H,1-3H3,(H,27,29). The van der Waals surface area contributed by atoms with Crippen LogP contribution in [0.25, 0.3) is 27.7 Å². The van der Waals surface area contributed by atoms with Crippen molar-refractivity contribution in [1.29, 1.82) is 0 Å². The number of H-pyrrole nitrogens is 1. The maximum Gasteiger partial charge on any atom is 0.270 e. The van der Waals surface area contributed by atoms with Crippen LogP contribution in [0.3, 0.4) is 0 Å². The number of fused-ring (bicyclic) bond motifs is 1. The van der Waals surface area contributed by atoms with Gasteiger partial charge in [0.25, 0.3) is 11.5 Å². The van der Waals surface area contributed by atoms with E-state index in [2.05, 4.69) is 26.2 Å². The molecule has 2 N–H and O–H groups in total. The number of hydrogen-bond donors (Lipinski definition) is 2. The van der Waals surface area contributed by atoms with E-state index in [1.165, 1.54) is 4.57 Å². The Morgan fingerprint density at radius 1 is 1.00 bits per heavy atom. The topological polar surface area (TPSA) is 66.9 Å². The summed E-state index contributed by atoms with van der Waals surface area (Å²) in [6.07, 6.45) is 1.76. The van der Waals surface area contributed by atoms with Crippen molar-refractivity contribution in [2.45, 2.75) is 26.3 Å². The summed E-state index contributed by atoms with van der Waals surface area (Å²) in [5.74, 6) is -0.311. The highest BCUT2D eigenvalue weighted by Gasteiger charge is 2.26. The smallest absolute Gasteiger partial charge is 0.270 e. The molecule has 0 aliphatic heterocycles. The lowest BCUT2D eigenvalue weighted by molar-refractivity contribution is 0.0913. The van der Waals surface area contributed by atoms with Crippen molar-refractivity contribution in [3.8, 4) is 16.8 Å². The quantitative estimate of drug-likeness (QED) is 0.434. The molecule has 2 aromatic heterocycles. The number of nitrogens with zero attached hydrogens (tertiary/aromatic N) is 1. The first-order valence-corrected chi connectivity index (χ1v) is 10.5. The third-order valence-corrected chi connectivity index (χ3v) is 5.27.